The molecule has 0 bridgehead atoms. The largest absolute Gasteiger partial charge is 0.495 e. The van der Waals surface area contributed by atoms with Crippen LogP contribution in [0.25, 0.3) is 0 Å². The molecule has 0 aliphatic rings. The van der Waals surface area contributed by atoms with Gasteiger partial charge >= 0.3 is 0 Å². The van der Waals surface area contributed by atoms with E-state index in [1.54, 1.807) is 13.4 Å². The molecule has 0 amide bonds. The van der Waals surface area contributed by atoms with Crippen LogP contribution in [0.15, 0.2) is 18.5 Å². The molecule has 6 heteroatoms. The first-order valence-corrected chi connectivity index (χ1v) is 6.98. The Balaban J connectivity index is 2.14. The Kier molecular flexibility index (Phi) is 4.84. The third-order valence-corrected chi connectivity index (χ3v) is 3.46. The molecular formula is C14H19ClN4O. The Labute approximate surface area is 123 Å². The van der Waals surface area contributed by atoms with Gasteiger partial charge in [-0.05, 0) is 25.0 Å². The molecule has 20 heavy (non-hydrogen) atoms. The normalized spacial score (nSPS) is 10.6. The Morgan fingerprint density at radius 1 is 1.40 bits per heavy atom. The second-order valence-electron chi connectivity index (χ2n) is 4.55. The van der Waals surface area contributed by atoms with E-state index in [0.29, 0.717) is 11.6 Å². The number of hydrogen-bond acceptors (Lipinski definition) is 4. The molecule has 0 aliphatic heterocycles. The molecule has 0 atom stereocenters. The number of nitrogens with one attached hydrogen (secondary N) is 1. The Morgan fingerprint density at radius 3 is 2.90 bits per heavy atom. The van der Waals surface area contributed by atoms with Gasteiger partial charge in [0.05, 0.1) is 19.3 Å². The summed E-state index contributed by atoms with van der Waals surface area (Å²) in [5.74, 6) is 1.63. The minimum Gasteiger partial charge on any atom is -0.495 e. The van der Waals surface area contributed by atoms with Crippen molar-refractivity contribution in [3.05, 3.63) is 34.9 Å². The molecule has 5 nitrogen and oxygen atoms in total. The van der Waals surface area contributed by atoms with Crippen LogP contribution in [0.4, 0.5) is 5.69 Å². The highest BCUT2D eigenvalue weighted by atomic mass is 35.5. The van der Waals surface area contributed by atoms with Gasteiger partial charge in [-0.15, -0.1) is 0 Å². The average Bonchev–Trinajstić information content (AvgIpc) is 2.87. The Morgan fingerprint density at radius 2 is 2.20 bits per heavy atom. The van der Waals surface area contributed by atoms with Gasteiger partial charge in [-0.2, -0.15) is 5.10 Å². The first-order valence-electron chi connectivity index (χ1n) is 6.60. The van der Waals surface area contributed by atoms with E-state index in [4.69, 9.17) is 16.3 Å². The van der Waals surface area contributed by atoms with Crippen molar-refractivity contribution in [1.82, 2.24) is 14.8 Å². The summed E-state index contributed by atoms with van der Waals surface area (Å²) in [6.45, 7) is 5.54. The topological polar surface area (TPSA) is 52.0 Å². The molecule has 0 saturated carbocycles. The van der Waals surface area contributed by atoms with Crippen molar-refractivity contribution in [3.63, 3.8) is 0 Å². The molecule has 0 spiro atoms. The lowest BCUT2D eigenvalue weighted by atomic mass is 10.2. The highest BCUT2D eigenvalue weighted by Gasteiger charge is 2.09. The lowest BCUT2D eigenvalue weighted by Crippen LogP contribution is -2.10. The number of rotatable bonds is 6. The van der Waals surface area contributed by atoms with Crippen molar-refractivity contribution in [2.75, 3.05) is 12.4 Å². The van der Waals surface area contributed by atoms with Crippen molar-refractivity contribution in [2.45, 2.75) is 33.4 Å². The van der Waals surface area contributed by atoms with Gasteiger partial charge in [0.25, 0.3) is 0 Å². The van der Waals surface area contributed by atoms with Crippen LogP contribution in [0.2, 0.25) is 5.02 Å². The van der Waals surface area contributed by atoms with Crippen LogP contribution in [-0.4, -0.2) is 21.9 Å². The highest BCUT2D eigenvalue weighted by Crippen LogP contribution is 2.31. The van der Waals surface area contributed by atoms with Gasteiger partial charge in [-0.1, -0.05) is 18.5 Å². The number of nitrogens with zero attached hydrogens (tertiary/aromatic N) is 3. The van der Waals surface area contributed by atoms with Crippen LogP contribution in [0, 0.1) is 6.92 Å². The summed E-state index contributed by atoms with van der Waals surface area (Å²) in [5.41, 5.74) is 1.91. The molecule has 0 radical (unpaired) electrons. The zero-order valence-electron chi connectivity index (χ0n) is 12.0. The summed E-state index contributed by atoms with van der Waals surface area (Å²) in [6.07, 6.45) is 2.61. The molecule has 0 saturated heterocycles. The monoisotopic (exact) mass is 294 g/mol. The fraction of sp³-hybridized carbons (Fsp3) is 0.429. The van der Waals surface area contributed by atoms with E-state index in [9.17, 15) is 0 Å². The minimum atomic E-state index is 0.595. The zero-order chi connectivity index (χ0) is 14.5. The molecule has 1 aromatic carbocycles. The second-order valence-corrected chi connectivity index (χ2v) is 4.96. The summed E-state index contributed by atoms with van der Waals surface area (Å²) in [5, 5.41) is 8.23. The number of benzene rings is 1. The van der Waals surface area contributed by atoms with E-state index in [-0.39, 0.29) is 0 Å². The van der Waals surface area contributed by atoms with Gasteiger partial charge < -0.3 is 10.1 Å². The summed E-state index contributed by atoms with van der Waals surface area (Å²) in [6, 6.07) is 3.79. The smallest absolute Gasteiger partial charge is 0.146 e. The predicted molar refractivity (Wildman–Crippen MR) is 80.4 cm³/mol. The average molecular weight is 295 g/mol. The van der Waals surface area contributed by atoms with E-state index >= 15 is 0 Å². The first-order chi connectivity index (χ1) is 9.65. The quantitative estimate of drug-likeness (QED) is 0.888. The molecule has 1 aromatic heterocycles. The number of ether oxygens (including phenoxy) is 1. The van der Waals surface area contributed by atoms with E-state index in [2.05, 4.69) is 22.3 Å². The van der Waals surface area contributed by atoms with Crippen molar-refractivity contribution in [3.8, 4) is 5.75 Å². The molecule has 2 aromatic rings. The summed E-state index contributed by atoms with van der Waals surface area (Å²) < 4.78 is 7.24. The first kappa shape index (κ1) is 14.7. The number of aromatic nitrogens is 3. The minimum absolute atomic E-state index is 0.595. The number of aryl methyl sites for hydroxylation is 2. The third kappa shape index (κ3) is 3.22. The molecule has 1 heterocycles. The fourth-order valence-electron chi connectivity index (χ4n) is 1.97. The molecule has 2 rings (SSSR count). The van der Waals surface area contributed by atoms with Crippen molar-refractivity contribution < 1.29 is 4.74 Å². The van der Waals surface area contributed by atoms with Crippen LogP contribution >= 0.6 is 11.6 Å². The van der Waals surface area contributed by atoms with E-state index in [0.717, 1.165) is 35.8 Å². The molecule has 1 N–H and O–H groups in total. The molecular weight excluding hydrogens is 276 g/mol. The zero-order valence-corrected chi connectivity index (χ0v) is 12.7. The standard InChI is InChI=1S/C14H19ClN4O/c1-4-5-19-14(17-9-18-19)8-16-12-6-10(2)11(15)7-13(12)20-3/h6-7,9,16H,4-5,8H2,1-3H3. The Hall–Kier alpha value is -1.75. The fourth-order valence-corrected chi connectivity index (χ4v) is 2.12. The van der Waals surface area contributed by atoms with Gasteiger partial charge in [0.2, 0.25) is 0 Å². The lowest BCUT2D eigenvalue weighted by Gasteiger charge is -2.13. The van der Waals surface area contributed by atoms with Crippen LogP contribution in [-0.2, 0) is 13.1 Å². The van der Waals surface area contributed by atoms with Crippen molar-refractivity contribution in [1.29, 1.82) is 0 Å². The SMILES string of the molecule is CCCn1ncnc1CNc1cc(C)c(Cl)cc1OC. The van der Waals surface area contributed by atoms with E-state index in [1.807, 2.05) is 23.7 Å². The van der Waals surface area contributed by atoms with Gasteiger partial charge in [-0.25, -0.2) is 9.67 Å². The van der Waals surface area contributed by atoms with Gasteiger partial charge in [-0.3, -0.25) is 0 Å². The Bertz CT molecular complexity index is 583. The van der Waals surface area contributed by atoms with Gasteiger partial charge in [0.1, 0.15) is 17.9 Å². The summed E-state index contributed by atoms with van der Waals surface area (Å²) >= 11 is 6.10. The number of methoxy groups -OCH3 is 1. The lowest BCUT2D eigenvalue weighted by molar-refractivity contribution is 0.416. The molecule has 108 valence electrons. The molecule has 0 unspecified atom stereocenters. The van der Waals surface area contributed by atoms with Crippen LogP contribution in [0.3, 0.4) is 0 Å². The number of anilines is 1. The van der Waals surface area contributed by atoms with Gasteiger partial charge in [0, 0.05) is 17.6 Å². The van der Waals surface area contributed by atoms with E-state index < -0.39 is 0 Å². The van der Waals surface area contributed by atoms with Crippen LogP contribution < -0.4 is 10.1 Å². The summed E-state index contributed by atoms with van der Waals surface area (Å²) in [7, 11) is 1.63. The van der Waals surface area contributed by atoms with Crippen molar-refractivity contribution >= 4 is 17.3 Å². The van der Waals surface area contributed by atoms with Crippen LogP contribution in [0.5, 0.6) is 5.75 Å². The third-order valence-electron chi connectivity index (χ3n) is 3.05. The maximum Gasteiger partial charge on any atom is 0.146 e. The van der Waals surface area contributed by atoms with E-state index in [1.165, 1.54) is 0 Å². The van der Waals surface area contributed by atoms with Gasteiger partial charge in [0.15, 0.2) is 0 Å². The molecule has 0 aliphatic carbocycles. The maximum absolute atomic E-state index is 6.10. The maximum atomic E-state index is 6.10. The second kappa shape index (κ2) is 6.61. The number of hydrogen-bond donors (Lipinski definition) is 1. The highest BCUT2D eigenvalue weighted by molar-refractivity contribution is 6.31. The predicted octanol–water partition coefficient (Wildman–Crippen LogP) is 3.27. The van der Waals surface area contributed by atoms with Crippen LogP contribution in [0.1, 0.15) is 24.7 Å². The van der Waals surface area contributed by atoms with Crippen molar-refractivity contribution in [2.24, 2.45) is 0 Å². The summed E-state index contributed by atoms with van der Waals surface area (Å²) in [4.78, 5) is 4.27. The number of halogens is 1. The molecule has 0 fully saturated rings.